The predicted molar refractivity (Wildman–Crippen MR) is 94.5 cm³/mol. The molecule has 0 aliphatic carbocycles. The Morgan fingerprint density at radius 3 is 2.26 bits per heavy atom. The fourth-order valence-electron chi connectivity index (χ4n) is 2.59. The van der Waals surface area contributed by atoms with E-state index in [-0.39, 0.29) is 5.91 Å². The highest BCUT2D eigenvalue weighted by atomic mass is 32.1. The zero-order chi connectivity index (χ0) is 16.2. The van der Waals surface area contributed by atoms with Crippen molar-refractivity contribution in [3.63, 3.8) is 0 Å². The third kappa shape index (κ3) is 3.17. The third-order valence-electron chi connectivity index (χ3n) is 3.66. The lowest BCUT2D eigenvalue weighted by Gasteiger charge is -2.07. The van der Waals surface area contributed by atoms with Gasteiger partial charge >= 0.3 is 0 Å². The maximum Gasteiger partial charge on any atom is 0.279 e. The molecule has 0 aliphatic heterocycles. The first kappa shape index (κ1) is 15.4. The lowest BCUT2D eigenvalue weighted by atomic mass is 10.1. The second kappa shape index (κ2) is 6.75. The van der Waals surface area contributed by atoms with Gasteiger partial charge in [0, 0.05) is 17.0 Å². The van der Waals surface area contributed by atoms with E-state index in [1.807, 2.05) is 36.4 Å². The van der Waals surface area contributed by atoms with Crippen LogP contribution in [0.4, 0.5) is 0 Å². The number of carbonyl (C=O) groups excluding carboxylic acids is 1. The van der Waals surface area contributed by atoms with Crippen LogP contribution in [0.25, 0.3) is 11.3 Å². The van der Waals surface area contributed by atoms with Gasteiger partial charge in [0.05, 0.1) is 5.69 Å². The van der Waals surface area contributed by atoms with Gasteiger partial charge in [0.25, 0.3) is 5.91 Å². The van der Waals surface area contributed by atoms with Gasteiger partial charge in [-0.1, -0.05) is 48.5 Å². The number of rotatable bonds is 3. The van der Waals surface area contributed by atoms with Gasteiger partial charge in [-0.15, -0.1) is 11.3 Å². The lowest BCUT2D eigenvalue weighted by Crippen LogP contribution is -2.17. The van der Waals surface area contributed by atoms with E-state index in [2.05, 4.69) is 35.5 Å². The zero-order valence-electron chi connectivity index (χ0n) is 13.2. The summed E-state index contributed by atoms with van der Waals surface area (Å²) < 4.78 is 2.11. The highest BCUT2D eigenvalue weighted by molar-refractivity contribution is 7.09. The van der Waals surface area contributed by atoms with Crippen LogP contribution in [0.2, 0.25) is 0 Å². The SMILES string of the molecule is CCn1c(-c2ccccc2)c(C)sc1=NC(=O)c1ccccc1. The molecule has 2 aromatic carbocycles. The molecule has 3 rings (SSSR count). The molecule has 0 saturated heterocycles. The molecule has 0 spiro atoms. The Balaban J connectivity index is 2.11. The molecular formula is C19H18N2OS. The standard InChI is InChI=1S/C19H18N2OS/c1-3-21-17(15-10-6-4-7-11-15)14(2)23-19(21)20-18(22)16-12-8-5-9-13-16/h4-13H,3H2,1-2H3. The number of aromatic nitrogens is 1. The van der Waals surface area contributed by atoms with Crippen LogP contribution in [0.1, 0.15) is 22.2 Å². The van der Waals surface area contributed by atoms with Gasteiger partial charge < -0.3 is 4.57 Å². The van der Waals surface area contributed by atoms with Crippen molar-refractivity contribution in [1.82, 2.24) is 4.57 Å². The fraction of sp³-hybridized carbons (Fsp3) is 0.158. The Kier molecular flexibility index (Phi) is 4.53. The monoisotopic (exact) mass is 322 g/mol. The van der Waals surface area contributed by atoms with E-state index < -0.39 is 0 Å². The van der Waals surface area contributed by atoms with Crippen LogP contribution in [0.3, 0.4) is 0 Å². The summed E-state index contributed by atoms with van der Waals surface area (Å²) in [4.78, 5) is 18.6. The number of hydrogen-bond donors (Lipinski definition) is 0. The summed E-state index contributed by atoms with van der Waals surface area (Å²) in [5.74, 6) is -0.200. The van der Waals surface area contributed by atoms with Crippen LogP contribution < -0.4 is 4.80 Å². The van der Waals surface area contributed by atoms with Crippen molar-refractivity contribution in [2.45, 2.75) is 20.4 Å². The number of aryl methyl sites for hydroxylation is 1. The summed E-state index contributed by atoms with van der Waals surface area (Å²) in [7, 11) is 0. The summed E-state index contributed by atoms with van der Waals surface area (Å²) in [6.45, 7) is 4.92. The van der Waals surface area contributed by atoms with Crippen molar-refractivity contribution in [3.05, 3.63) is 75.9 Å². The van der Waals surface area contributed by atoms with Gasteiger partial charge in [0.1, 0.15) is 0 Å². The quantitative estimate of drug-likeness (QED) is 0.708. The van der Waals surface area contributed by atoms with E-state index >= 15 is 0 Å². The van der Waals surface area contributed by atoms with E-state index in [0.717, 1.165) is 27.5 Å². The van der Waals surface area contributed by atoms with E-state index in [0.29, 0.717) is 5.56 Å². The second-order valence-corrected chi connectivity index (χ2v) is 6.36. The Morgan fingerprint density at radius 2 is 1.65 bits per heavy atom. The molecule has 3 aromatic rings. The van der Waals surface area contributed by atoms with Crippen LogP contribution in [0.15, 0.2) is 65.7 Å². The number of amides is 1. The average Bonchev–Trinajstić information content (AvgIpc) is 2.91. The molecular weight excluding hydrogens is 304 g/mol. The molecule has 1 amide bonds. The van der Waals surface area contributed by atoms with Crippen molar-refractivity contribution in [2.24, 2.45) is 4.99 Å². The first-order valence-corrected chi connectivity index (χ1v) is 8.42. The van der Waals surface area contributed by atoms with Crippen LogP contribution in [0, 0.1) is 6.92 Å². The molecule has 0 saturated carbocycles. The normalized spacial score (nSPS) is 11.7. The molecule has 0 aliphatic rings. The first-order valence-electron chi connectivity index (χ1n) is 7.60. The predicted octanol–water partition coefficient (Wildman–Crippen LogP) is 4.29. The summed E-state index contributed by atoms with van der Waals surface area (Å²) in [5, 5.41) is 0. The minimum atomic E-state index is -0.200. The second-order valence-electron chi connectivity index (χ2n) is 5.18. The Morgan fingerprint density at radius 1 is 1.04 bits per heavy atom. The topological polar surface area (TPSA) is 34.4 Å². The zero-order valence-corrected chi connectivity index (χ0v) is 14.0. The maximum absolute atomic E-state index is 12.4. The highest BCUT2D eigenvalue weighted by Crippen LogP contribution is 2.24. The van der Waals surface area contributed by atoms with E-state index in [9.17, 15) is 4.79 Å². The van der Waals surface area contributed by atoms with Crippen LogP contribution >= 0.6 is 11.3 Å². The summed E-state index contributed by atoms with van der Waals surface area (Å²) in [6, 6.07) is 19.4. The van der Waals surface area contributed by atoms with Crippen LogP contribution in [0.5, 0.6) is 0 Å². The molecule has 4 heteroatoms. The van der Waals surface area contributed by atoms with E-state index in [1.54, 1.807) is 23.5 Å². The van der Waals surface area contributed by atoms with Crippen LogP contribution in [-0.2, 0) is 6.54 Å². The molecule has 1 aromatic heterocycles. The van der Waals surface area contributed by atoms with Gasteiger partial charge in [-0.05, 0) is 31.5 Å². The molecule has 3 nitrogen and oxygen atoms in total. The van der Waals surface area contributed by atoms with Gasteiger partial charge in [-0.2, -0.15) is 4.99 Å². The average molecular weight is 322 g/mol. The molecule has 0 unspecified atom stereocenters. The summed E-state index contributed by atoms with van der Waals surface area (Å²) in [6.07, 6.45) is 0. The van der Waals surface area contributed by atoms with Gasteiger partial charge in [-0.25, -0.2) is 0 Å². The molecule has 0 atom stereocenters. The van der Waals surface area contributed by atoms with Crippen molar-refractivity contribution >= 4 is 17.2 Å². The third-order valence-corrected chi connectivity index (χ3v) is 4.65. The Hall–Kier alpha value is -2.46. The van der Waals surface area contributed by atoms with Gasteiger partial charge in [-0.3, -0.25) is 4.79 Å². The maximum atomic E-state index is 12.4. The van der Waals surface area contributed by atoms with Crippen molar-refractivity contribution in [2.75, 3.05) is 0 Å². The minimum absolute atomic E-state index is 0.200. The molecule has 1 heterocycles. The van der Waals surface area contributed by atoms with Gasteiger partial charge in [0.2, 0.25) is 0 Å². The van der Waals surface area contributed by atoms with Crippen molar-refractivity contribution in [3.8, 4) is 11.3 Å². The number of nitrogens with zero attached hydrogens (tertiary/aromatic N) is 2. The summed E-state index contributed by atoms with van der Waals surface area (Å²) in [5.41, 5.74) is 2.90. The minimum Gasteiger partial charge on any atom is -0.316 e. The van der Waals surface area contributed by atoms with E-state index in [1.165, 1.54) is 0 Å². The van der Waals surface area contributed by atoms with E-state index in [4.69, 9.17) is 0 Å². The summed E-state index contributed by atoms with van der Waals surface area (Å²) >= 11 is 1.56. The highest BCUT2D eigenvalue weighted by Gasteiger charge is 2.12. The molecule has 0 N–H and O–H groups in total. The number of hydrogen-bond acceptors (Lipinski definition) is 2. The molecule has 0 fully saturated rings. The Bertz CT molecular complexity index is 877. The van der Waals surface area contributed by atoms with Crippen molar-refractivity contribution < 1.29 is 4.79 Å². The Labute approximate surface area is 139 Å². The smallest absolute Gasteiger partial charge is 0.279 e. The molecule has 0 radical (unpaired) electrons. The first-order chi connectivity index (χ1) is 11.2. The number of thiazole rings is 1. The number of benzene rings is 2. The van der Waals surface area contributed by atoms with Gasteiger partial charge in [0.15, 0.2) is 4.80 Å². The fourth-order valence-corrected chi connectivity index (χ4v) is 3.65. The molecule has 23 heavy (non-hydrogen) atoms. The molecule has 0 bridgehead atoms. The number of carbonyl (C=O) groups is 1. The van der Waals surface area contributed by atoms with Crippen molar-refractivity contribution in [1.29, 1.82) is 0 Å². The molecule has 116 valence electrons. The lowest BCUT2D eigenvalue weighted by molar-refractivity contribution is 0.0998. The largest absolute Gasteiger partial charge is 0.316 e. The van der Waals surface area contributed by atoms with Crippen LogP contribution in [-0.4, -0.2) is 10.5 Å².